The van der Waals surface area contributed by atoms with Gasteiger partial charge >= 0.3 is 0 Å². The van der Waals surface area contributed by atoms with Gasteiger partial charge in [0.1, 0.15) is 17.6 Å². The van der Waals surface area contributed by atoms with Crippen LogP contribution in [0.2, 0.25) is 0 Å². The first-order valence-electron chi connectivity index (χ1n) is 11.1. The summed E-state index contributed by atoms with van der Waals surface area (Å²) in [5.41, 5.74) is 4.95. The Balaban J connectivity index is 1.58. The molecule has 3 amide bonds. The van der Waals surface area contributed by atoms with Gasteiger partial charge in [-0.25, -0.2) is 4.39 Å². The van der Waals surface area contributed by atoms with E-state index in [2.05, 4.69) is 6.92 Å². The number of carbonyl (C=O) groups is 3. The van der Waals surface area contributed by atoms with Crippen molar-refractivity contribution in [3.63, 3.8) is 0 Å². The molecule has 2 aliphatic heterocycles. The number of primary amides is 1. The lowest BCUT2D eigenvalue weighted by Crippen LogP contribution is -2.58. The Hall–Kier alpha value is -2.48. The molecule has 1 unspecified atom stereocenters. The molecule has 168 valence electrons. The van der Waals surface area contributed by atoms with Gasteiger partial charge in [-0.2, -0.15) is 0 Å². The first-order chi connectivity index (χ1) is 14.8. The molecule has 1 aromatic carbocycles. The number of hydrogen-bond acceptors (Lipinski definition) is 4. The number of rotatable bonds is 3. The molecule has 1 spiro atoms. The number of halogens is 1. The Morgan fingerprint density at radius 2 is 1.68 bits per heavy atom. The lowest BCUT2D eigenvalue weighted by molar-refractivity contribution is -0.140. The van der Waals surface area contributed by atoms with E-state index in [-0.39, 0.29) is 30.2 Å². The Labute approximate surface area is 181 Å². The third kappa shape index (κ3) is 4.18. The van der Waals surface area contributed by atoms with Crippen molar-refractivity contribution in [2.45, 2.75) is 57.2 Å². The van der Waals surface area contributed by atoms with Crippen LogP contribution in [0.4, 0.5) is 4.39 Å². The fourth-order valence-corrected chi connectivity index (χ4v) is 5.10. The molecule has 1 aliphatic carbocycles. The molecule has 0 aromatic heterocycles. The largest absolute Gasteiger partial charge is 0.369 e. The number of amides is 3. The molecule has 1 saturated carbocycles. The second-order valence-electron chi connectivity index (χ2n) is 9.14. The maximum atomic E-state index is 13.5. The van der Waals surface area contributed by atoms with Gasteiger partial charge in [-0.15, -0.1) is 0 Å². The summed E-state index contributed by atoms with van der Waals surface area (Å²) in [6.07, 6.45) is 4.24. The zero-order valence-electron chi connectivity index (χ0n) is 17.9. The molecule has 0 radical (unpaired) electrons. The average Bonchev–Trinajstić information content (AvgIpc) is 3.14. The van der Waals surface area contributed by atoms with E-state index >= 15 is 0 Å². The van der Waals surface area contributed by atoms with Gasteiger partial charge in [0.05, 0.1) is 6.61 Å². The van der Waals surface area contributed by atoms with E-state index < -0.39 is 17.6 Å². The average molecular weight is 432 g/mol. The highest BCUT2D eigenvalue weighted by Gasteiger charge is 2.54. The zero-order valence-corrected chi connectivity index (χ0v) is 17.9. The standard InChI is InChI=1S/C23H30FN3O4/c1-15-6-10-23(11-7-15)27(21(29)17-2-4-18(24)5-3-17)19(14-31-23)22(30)26-12-8-16(9-13-26)20(25)28/h2-5,15-16,19H,6-14H2,1H3,(H2,25,28). The van der Waals surface area contributed by atoms with Gasteiger partial charge in [-0.1, -0.05) is 6.92 Å². The molecular weight excluding hydrogens is 401 g/mol. The van der Waals surface area contributed by atoms with E-state index in [9.17, 15) is 18.8 Å². The summed E-state index contributed by atoms with van der Waals surface area (Å²) in [6.45, 7) is 3.20. The molecule has 7 nitrogen and oxygen atoms in total. The minimum Gasteiger partial charge on any atom is -0.369 e. The summed E-state index contributed by atoms with van der Waals surface area (Å²) < 4.78 is 19.6. The number of nitrogens with zero attached hydrogens (tertiary/aromatic N) is 2. The van der Waals surface area contributed by atoms with Crippen LogP contribution in [0.5, 0.6) is 0 Å². The van der Waals surface area contributed by atoms with E-state index in [1.54, 1.807) is 9.80 Å². The summed E-state index contributed by atoms with van der Waals surface area (Å²) in [5.74, 6) is -0.891. The van der Waals surface area contributed by atoms with Crippen LogP contribution >= 0.6 is 0 Å². The van der Waals surface area contributed by atoms with E-state index in [1.807, 2.05) is 0 Å². The van der Waals surface area contributed by atoms with Crippen LogP contribution in [0.25, 0.3) is 0 Å². The van der Waals surface area contributed by atoms with Crippen molar-refractivity contribution in [3.8, 4) is 0 Å². The molecule has 2 N–H and O–H groups in total. The molecule has 1 aromatic rings. The topological polar surface area (TPSA) is 92.9 Å². The van der Waals surface area contributed by atoms with E-state index in [0.29, 0.717) is 50.3 Å². The highest BCUT2D eigenvalue weighted by atomic mass is 19.1. The van der Waals surface area contributed by atoms with Crippen LogP contribution in [0.1, 0.15) is 55.8 Å². The van der Waals surface area contributed by atoms with Crippen molar-refractivity contribution < 1.29 is 23.5 Å². The van der Waals surface area contributed by atoms with Crippen LogP contribution in [0.3, 0.4) is 0 Å². The monoisotopic (exact) mass is 431 g/mol. The van der Waals surface area contributed by atoms with Crippen LogP contribution < -0.4 is 5.73 Å². The van der Waals surface area contributed by atoms with Crippen LogP contribution in [-0.4, -0.2) is 59.0 Å². The highest BCUT2D eigenvalue weighted by molar-refractivity contribution is 5.98. The molecule has 3 fully saturated rings. The Morgan fingerprint density at radius 3 is 2.26 bits per heavy atom. The number of hydrogen-bond donors (Lipinski definition) is 1. The summed E-state index contributed by atoms with van der Waals surface area (Å²) >= 11 is 0. The van der Waals surface area contributed by atoms with Gasteiger partial charge in [-0.3, -0.25) is 19.3 Å². The predicted molar refractivity (Wildman–Crippen MR) is 111 cm³/mol. The smallest absolute Gasteiger partial charge is 0.256 e. The maximum Gasteiger partial charge on any atom is 0.256 e. The van der Waals surface area contributed by atoms with Crippen molar-refractivity contribution in [3.05, 3.63) is 35.6 Å². The number of likely N-dealkylation sites (tertiary alicyclic amines) is 1. The Bertz CT molecular complexity index is 843. The fourth-order valence-electron chi connectivity index (χ4n) is 5.10. The minimum absolute atomic E-state index is 0.149. The highest BCUT2D eigenvalue weighted by Crippen LogP contribution is 2.43. The Kier molecular flexibility index (Phi) is 6.01. The molecule has 0 bridgehead atoms. The van der Waals surface area contributed by atoms with E-state index in [4.69, 9.17) is 10.5 Å². The van der Waals surface area contributed by atoms with Crippen molar-refractivity contribution in [1.29, 1.82) is 0 Å². The number of carbonyl (C=O) groups excluding carboxylic acids is 3. The second-order valence-corrected chi connectivity index (χ2v) is 9.14. The van der Waals surface area contributed by atoms with Crippen molar-refractivity contribution in [1.82, 2.24) is 9.80 Å². The quantitative estimate of drug-likeness (QED) is 0.795. The van der Waals surface area contributed by atoms with E-state index in [0.717, 1.165) is 12.8 Å². The summed E-state index contributed by atoms with van der Waals surface area (Å²) in [7, 11) is 0. The molecule has 8 heteroatoms. The lowest BCUT2D eigenvalue weighted by atomic mass is 9.83. The summed E-state index contributed by atoms with van der Waals surface area (Å²) in [4.78, 5) is 41.8. The van der Waals surface area contributed by atoms with Crippen molar-refractivity contribution in [2.75, 3.05) is 19.7 Å². The van der Waals surface area contributed by atoms with Crippen LogP contribution in [0, 0.1) is 17.7 Å². The predicted octanol–water partition coefficient (Wildman–Crippen LogP) is 2.30. The van der Waals surface area contributed by atoms with Gasteiger partial charge in [0.25, 0.3) is 5.91 Å². The number of piperidine rings is 1. The molecule has 3 aliphatic rings. The van der Waals surface area contributed by atoms with Gasteiger partial charge in [-0.05, 0) is 68.7 Å². The fraction of sp³-hybridized carbons (Fsp3) is 0.609. The van der Waals surface area contributed by atoms with Crippen LogP contribution in [0.15, 0.2) is 24.3 Å². The van der Waals surface area contributed by atoms with Crippen molar-refractivity contribution >= 4 is 17.7 Å². The maximum absolute atomic E-state index is 13.5. The number of ether oxygens (including phenoxy) is 1. The molecule has 31 heavy (non-hydrogen) atoms. The van der Waals surface area contributed by atoms with E-state index in [1.165, 1.54) is 24.3 Å². The lowest BCUT2D eigenvalue weighted by Gasteiger charge is -2.43. The SMILES string of the molecule is CC1CCC2(CC1)OCC(C(=O)N1CCC(C(N)=O)CC1)N2C(=O)c1ccc(F)cc1. The molecule has 2 saturated heterocycles. The van der Waals surface area contributed by atoms with Gasteiger partial charge < -0.3 is 15.4 Å². The molecule has 4 rings (SSSR count). The number of nitrogens with two attached hydrogens (primary N) is 1. The van der Waals surface area contributed by atoms with Gasteiger partial charge in [0, 0.05) is 24.6 Å². The summed E-state index contributed by atoms with van der Waals surface area (Å²) in [6, 6.07) is 4.69. The second kappa shape index (κ2) is 8.57. The van der Waals surface area contributed by atoms with Crippen molar-refractivity contribution in [2.24, 2.45) is 17.6 Å². The third-order valence-electron chi connectivity index (χ3n) is 7.12. The number of benzene rings is 1. The van der Waals surface area contributed by atoms with Crippen LogP contribution in [-0.2, 0) is 14.3 Å². The first-order valence-corrected chi connectivity index (χ1v) is 11.1. The minimum atomic E-state index is -0.802. The zero-order chi connectivity index (χ0) is 22.2. The summed E-state index contributed by atoms with van der Waals surface area (Å²) in [5, 5.41) is 0. The van der Waals surface area contributed by atoms with Gasteiger partial charge in [0.15, 0.2) is 0 Å². The Morgan fingerprint density at radius 1 is 1.06 bits per heavy atom. The third-order valence-corrected chi connectivity index (χ3v) is 7.12. The first kappa shape index (κ1) is 21.7. The molecular formula is C23H30FN3O4. The van der Waals surface area contributed by atoms with Gasteiger partial charge in [0.2, 0.25) is 11.8 Å². The molecule has 2 heterocycles. The normalized spacial score (nSPS) is 29.4. The molecule has 1 atom stereocenters.